The predicted molar refractivity (Wildman–Crippen MR) is 77.3 cm³/mol. The number of nitrogens with zero attached hydrogens (tertiary/aromatic N) is 1. The molecule has 0 saturated heterocycles. The van der Waals surface area contributed by atoms with E-state index in [1.165, 1.54) is 27.7 Å². The molecule has 0 aliphatic carbocycles. The molecule has 96 valence electrons. The topological polar surface area (TPSA) is 17.0 Å². The van der Waals surface area contributed by atoms with Gasteiger partial charge in [0.15, 0.2) is 0 Å². The van der Waals surface area contributed by atoms with Crippen molar-refractivity contribution in [2.24, 2.45) is 7.05 Å². The lowest BCUT2D eigenvalue weighted by molar-refractivity contribution is 0.357. The smallest absolute Gasteiger partial charge is 0.0527 e. The zero-order valence-electron chi connectivity index (χ0n) is 11.4. The van der Waals surface area contributed by atoms with E-state index in [-0.39, 0.29) is 5.54 Å². The average molecular weight is 263 g/mol. The molecule has 18 heavy (non-hydrogen) atoms. The van der Waals surface area contributed by atoms with Gasteiger partial charge in [-0.25, -0.2) is 0 Å². The molecule has 0 unspecified atom stereocenters. The number of fused-ring (bicyclic) bond motifs is 3. The summed E-state index contributed by atoms with van der Waals surface area (Å²) in [5.41, 5.74) is 5.52. The van der Waals surface area contributed by atoms with Crippen LogP contribution in [0.3, 0.4) is 0 Å². The zero-order chi connectivity index (χ0) is 13.1. The van der Waals surface area contributed by atoms with E-state index in [1.807, 2.05) is 6.07 Å². The third-order valence-corrected chi connectivity index (χ3v) is 4.54. The second-order valence-corrected chi connectivity index (χ2v) is 6.37. The number of hydrogen-bond donors (Lipinski definition) is 1. The molecule has 2 heterocycles. The van der Waals surface area contributed by atoms with E-state index in [2.05, 4.69) is 43.8 Å². The van der Waals surface area contributed by atoms with Crippen molar-refractivity contribution >= 4 is 22.5 Å². The number of halogens is 1. The Morgan fingerprint density at radius 2 is 2.06 bits per heavy atom. The number of nitrogens with one attached hydrogen (secondary N) is 1. The summed E-state index contributed by atoms with van der Waals surface area (Å²) < 4.78 is 2.30. The molecule has 0 saturated carbocycles. The van der Waals surface area contributed by atoms with Crippen LogP contribution in [0.15, 0.2) is 12.1 Å². The maximum absolute atomic E-state index is 6.25. The summed E-state index contributed by atoms with van der Waals surface area (Å²) in [5, 5.41) is 5.82. The van der Waals surface area contributed by atoms with Crippen LogP contribution in [-0.2, 0) is 20.0 Å². The van der Waals surface area contributed by atoms with Crippen molar-refractivity contribution in [2.45, 2.75) is 39.3 Å². The Bertz CT molecular complexity index is 638. The molecule has 0 fully saturated rings. The van der Waals surface area contributed by atoms with Gasteiger partial charge in [0.2, 0.25) is 0 Å². The van der Waals surface area contributed by atoms with Crippen molar-refractivity contribution in [2.75, 3.05) is 0 Å². The molecule has 0 radical (unpaired) electrons. The second-order valence-electron chi connectivity index (χ2n) is 5.97. The molecule has 1 aromatic heterocycles. The monoisotopic (exact) mass is 262 g/mol. The van der Waals surface area contributed by atoms with Gasteiger partial charge in [-0.05, 0) is 44.4 Å². The predicted octanol–water partition coefficient (Wildman–Crippen LogP) is 3.56. The van der Waals surface area contributed by atoms with Gasteiger partial charge in [-0.15, -0.1) is 0 Å². The van der Waals surface area contributed by atoms with Crippen LogP contribution in [0.1, 0.15) is 30.7 Å². The van der Waals surface area contributed by atoms with Crippen molar-refractivity contribution in [3.05, 3.63) is 34.0 Å². The van der Waals surface area contributed by atoms with Crippen molar-refractivity contribution in [1.29, 1.82) is 0 Å². The maximum atomic E-state index is 6.25. The largest absolute Gasteiger partial charge is 0.346 e. The minimum Gasteiger partial charge on any atom is -0.346 e. The van der Waals surface area contributed by atoms with Gasteiger partial charge in [0, 0.05) is 35.2 Å². The lowest BCUT2D eigenvalue weighted by atomic mass is 9.89. The van der Waals surface area contributed by atoms with Gasteiger partial charge in [-0.1, -0.05) is 17.7 Å². The third-order valence-electron chi connectivity index (χ3n) is 4.13. The van der Waals surface area contributed by atoms with E-state index >= 15 is 0 Å². The minimum absolute atomic E-state index is 0.175. The Labute approximate surface area is 113 Å². The lowest BCUT2D eigenvalue weighted by Crippen LogP contribution is -2.44. The molecular weight excluding hydrogens is 244 g/mol. The first-order valence-corrected chi connectivity index (χ1v) is 6.79. The maximum Gasteiger partial charge on any atom is 0.0527 e. The highest BCUT2D eigenvalue weighted by Crippen LogP contribution is 2.35. The molecule has 1 aliphatic heterocycles. The van der Waals surface area contributed by atoms with E-state index < -0.39 is 0 Å². The van der Waals surface area contributed by atoms with Crippen molar-refractivity contribution in [3.8, 4) is 0 Å². The molecule has 0 spiro atoms. The van der Waals surface area contributed by atoms with Crippen LogP contribution in [0, 0.1) is 6.92 Å². The number of aryl methyl sites for hydroxylation is 2. The quantitative estimate of drug-likeness (QED) is 0.768. The molecule has 0 atom stereocenters. The molecule has 1 aliphatic rings. The Morgan fingerprint density at radius 3 is 2.78 bits per heavy atom. The van der Waals surface area contributed by atoms with Crippen LogP contribution in [-0.4, -0.2) is 10.1 Å². The highest BCUT2D eigenvalue weighted by molar-refractivity contribution is 6.32. The average Bonchev–Trinajstić information content (AvgIpc) is 2.56. The van der Waals surface area contributed by atoms with Crippen molar-refractivity contribution < 1.29 is 0 Å². The number of benzene rings is 1. The third kappa shape index (κ3) is 1.59. The fraction of sp³-hybridized carbons (Fsp3) is 0.467. The van der Waals surface area contributed by atoms with Crippen molar-refractivity contribution in [3.63, 3.8) is 0 Å². The molecule has 2 aromatic rings. The van der Waals surface area contributed by atoms with Gasteiger partial charge in [0.1, 0.15) is 0 Å². The first-order valence-electron chi connectivity index (χ1n) is 6.41. The van der Waals surface area contributed by atoms with Crippen LogP contribution >= 0.6 is 11.6 Å². The SMILES string of the molecule is Cc1c(Cl)ccc2c3c(n(C)c12)CNC(C)(C)C3. The number of hydrogen-bond acceptors (Lipinski definition) is 1. The standard InChI is InChI=1S/C15H19ClN2/c1-9-12(16)6-5-10-11-7-15(2,3)17-8-13(11)18(4)14(9)10/h5-6,17H,7-8H2,1-4H3. The van der Waals surface area contributed by atoms with Gasteiger partial charge >= 0.3 is 0 Å². The first-order chi connectivity index (χ1) is 8.41. The summed E-state index contributed by atoms with van der Waals surface area (Å²) in [5.74, 6) is 0. The summed E-state index contributed by atoms with van der Waals surface area (Å²) in [4.78, 5) is 0. The summed E-state index contributed by atoms with van der Waals surface area (Å²) >= 11 is 6.25. The highest BCUT2D eigenvalue weighted by atomic mass is 35.5. The Balaban J connectivity index is 2.35. The molecule has 0 amide bonds. The summed E-state index contributed by atoms with van der Waals surface area (Å²) in [6, 6.07) is 4.19. The van der Waals surface area contributed by atoms with Gasteiger partial charge in [-0.3, -0.25) is 0 Å². The van der Waals surface area contributed by atoms with E-state index in [0.717, 1.165) is 18.0 Å². The molecule has 3 rings (SSSR count). The summed E-state index contributed by atoms with van der Waals surface area (Å²) in [6.07, 6.45) is 1.07. The van der Waals surface area contributed by atoms with Gasteiger partial charge in [0.05, 0.1) is 5.52 Å². The zero-order valence-corrected chi connectivity index (χ0v) is 12.2. The fourth-order valence-electron chi connectivity index (χ4n) is 3.09. The first kappa shape index (κ1) is 12.1. The van der Waals surface area contributed by atoms with Gasteiger partial charge in [0.25, 0.3) is 0 Å². The van der Waals surface area contributed by atoms with Crippen LogP contribution in [0.5, 0.6) is 0 Å². The highest BCUT2D eigenvalue weighted by Gasteiger charge is 2.29. The number of rotatable bonds is 0. The van der Waals surface area contributed by atoms with Crippen molar-refractivity contribution in [1.82, 2.24) is 9.88 Å². The molecule has 2 nitrogen and oxygen atoms in total. The Kier molecular flexibility index (Phi) is 2.51. The summed E-state index contributed by atoms with van der Waals surface area (Å²) in [6.45, 7) is 7.56. The van der Waals surface area contributed by atoms with Crippen LogP contribution < -0.4 is 5.32 Å². The second kappa shape index (κ2) is 3.75. The van der Waals surface area contributed by atoms with E-state index in [0.29, 0.717) is 0 Å². The molecule has 1 aromatic carbocycles. The number of aromatic nitrogens is 1. The van der Waals surface area contributed by atoms with Gasteiger partial charge < -0.3 is 9.88 Å². The van der Waals surface area contributed by atoms with E-state index in [9.17, 15) is 0 Å². The lowest BCUT2D eigenvalue weighted by Gasteiger charge is -2.31. The normalized spacial score (nSPS) is 18.1. The van der Waals surface area contributed by atoms with Gasteiger partial charge in [-0.2, -0.15) is 0 Å². The van der Waals surface area contributed by atoms with E-state index in [1.54, 1.807) is 0 Å². The summed E-state index contributed by atoms with van der Waals surface area (Å²) in [7, 11) is 2.14. The minimum atomic E-state index is 0.175. The van der Waals surface area contributed by atoms with Crippen LogP contribution in [0.25, 0.3) is 10.9 Å². The van der Waals surface area contributed by atoms with Crippen LogP contribution in [0.2, 0.25) is 5.02 Å². The van der Waals surface area contributed by atoms with Crippen LogP contribution in [0.4, 0.5) is 0 Å². The molecule has 1 N–H and O–H groups in total. The molecule has 3 heteroatoms. The Morgan fingerprint density at radius 1 is 1.33 bits per heavy atom. The molecular formula is C15H19ClN2. The Hall–Kier alpha value is -0.990. The van der Waals surface area contributed by atoms with E-state index in [4.69, 9.17) is 11.6 Å². The molecule has 0 bridgehead atoms. The fourth-order valence-corrected chi connectivity index (χ4v) is 3.25.